The molecule has 2 fully saturated rings. The summed E-state index contributed by atoms with van der Waals surface area (Å²) >= 11 is 0. The smallest absolute Gasteiger partial charge is 0.0314 e. The van der Waals surface area contributed by atoms with Gasteiger partial charge in [-0.3, -0.25) is 0 Å². The van der Waals surface area contributed by atoms with Crippen LogP contribution >= 0.6 is 0 Å². The lowest BCUT2D eigenvalue weighted by Crippen LogP contribution is -2.44. The summed E-state index contributed by atoms with van der Waals surface area (Å²) in [7, 11) is 0. The zero-order valence-electron chi connectivity index (χ0n) is 13.7. The summed E-state index contributed by atoms with van der Waals surface area (Å²) in [4.78, 5) is 2.68. The molecule has 21 heavy (non-hydrogen) atoms. The summed E-state index contributed by atoms with van der Waals surface area (Å²) in [6.45, 7) is 8.46. The fraction of sp³-hybridized carbons (Fsp3) is 0.684. The topological polar surface area (TPSA) is 29.3 Å². The lowest BCUT2D eigenvalue weighted by atomic mass is 9.76. The van der Waals surface area contributed by atoms with Crippen LogP contribution in [0.5, 0.6) is 0 Å². The molecule has 1 aliphatic carbocycles. The highest BCUT2D eigenvalue weighted by atomic mass is 15.1. The number of anilines is 1. The summed E-state index contributed by atoms with van der Waals surface area (Å²) in [5.41, 5.74) is 8.99. The number of piperidine rings is 1. The molecule has 0 atom stereocenters. The first-order valence-electron chi connectivity index (χ1n) is 8.58. The van der Waals surface area contributed by atoms with Gasteiger partial charge in [0.2, 0.25) is 0 Å². The van der Waals surface area contributed by atoms with Crippen LogP contribution in [-0.4, -0.2) is 24.5 Å². The van der Waals surface area contributed by atoms with Crippen molar-refractivity contribution in [2.75, 3.05) is 25.4 Å². The average molecular weight is 286 g/mol. The Kier molecular flexibility index (Phi) is 4.00. The molecule has 0 unspecified atom stereocenters. The molecule has 1 saturated carbocycles. The molecule has 1 aliphatic heterocycles. The Morgan fingerprint density at radius 1 is 1.00 bits per heavy atom. The van der Waals surface area contributed by atoms with Crippen molar-refractivity contribution < 1.29 is 0 Å². The Bertz CT molecular complexity index is 459. The fourth-order valence-electron chi connectivity index (χ4n) is 4.40. The van der Waals surface area contributed by atoms with E-state index >= 15 is 0 Å². The standard InChI is InChI=1S/C19H30N2/c1-18(2,16-5-7-17(20)8-6-16)15-21-13-11-19(12-14-21)9-3-4-10-19/h5-8H,3-4,9-15,20H2,1-2H3. The van der Waals surface area contributed by atoms with Gasteiger partial charge in [0.15, 0.2) is 0 Å². The maximum Gasteiger partial charge on any atom is 0.0314 e. The molecular formula is C19H30N2. The van der Waals surface area contributed by atoms with E-state index in [1.165, 1.54) is 57.2 Å². The molecule has 0 amide bonds. The van der Waals surface area contributed by atoms with Crippen molar-refractivity contribution in [1.29, 1.82) is 0 Å². The van der Waals surface area contributed by atoms with E-state index in [1.54, 1.807) is 0 Å². The Labute approximate surface area is 129 Å². The number of likely N-dealkylation sites (tertiary alicyclic amines) is 1. The molecular weight excluding hydrogens is 256 g/mol. The van der Waals surface area contributed by atoms with Gasteiger partial charge in [0, 0.05) is 17.6 Å². The van der Waals surface area contributed by atoms with Crippen molar-refractivity contribution in [1.82, 2.24) is 4.90 Å². The summed E-state index contributed by atoms with van der Waals surface area (Å²) in [6.07, 6.45) is 8.76. The van der Waals surface area contributed by atoms with Gasteiger partial charge in [-0.05, 0) is 61.9 Å². The molecule has 2 nitrogen and oxygen atoms in total. The Morgan fingerprint density at radius 2 is 1.57 bits per heavy atom. The molecule has 0 radical (unpaired) electrons. The zero-order chi connectivity index (χ0) is 14.9. The SMILES string of the molecule is CC(C)(CN1CCC2(CCCC2)CC1)c1ccc(N)cc1. The lowest BCUT2D eigenvalue weighted by Gasteiger charge is -2.42. The monoisotopic (exact) mass is 286 g/mol. The molecule has 3 rings (SSSR count). The highest BCUT2D eigenvalue weighted by Gasteiger charge is 2.37. The van der Waals surface area contributed by atoms with Crippen LogP contribution < -0.4 is 5.73 Å². The number of benzene rings is 1. The third-order valence-corrected chi connectivity index (χ3v) is 5.89. The largest absolute Gasteiger partial charge is 0.399 e. The second-order valence-corrected chi connectivity index (χ2v) is 7.99. The van der Waals surface area contributed by atoms with Crippen molar-refractivity contribution in [3.63, 3.8) is 0 Å². The van der Waals surface area contributed by atoms with E-state index in [0.717, 1.165) is 17.6 Å². The maximum atomic E-state index is 5.81. The van der Waals surface area contributed by atoms with E-state index in [2.05, 4.69) is 30.9 Å². The van der Waals surface area contributed by atoms with Crippen LogP contribution in [0.15, 0.2) is 24.3 Å². The van der Waals surface area contributed by atoms with Crippen LogP contribution in [0.3, 0.4) is 0 Å². The predicted molar refractivity (Wildman–Crippen MR) is 90.5 cm³/mol. The zero-order valence-corrected chi connectivity index (χ0v) is 13.7. The summed E-state index contributed by atoms with van der Waals surface area (Å²) in [6, 6.07) is 8.44. The van der Waals surface area contributed by atoms with Crippen molar-refractivity contribution in [3.05, 3.63) is 29.8 Å². The second-order valence-electron chi connectivity index (χ2n) is 7.99. The first-order chi connectivity index (χ1) is 9.99. The number of nitrogens with two attached hydrogens (primary N) is 1. The molecule has 1 aromatic carbocycles. The van der Waals surface area contributed by atoms with Gasteiger partial charge in [0.1, 0.15) is 0 Å². The van der Waals surface area contributed by atoms with Crippen LogP contribution in [0.2, 0.25) is 0 Å². The first kappa shape index (κ1) is 14.9. The average Bonchev–Trinajstić information content (AvgIpc) is 2.90. The van der Waals surface area contributed by atoms with E-state index in [1.807, 2.05) is 12.1 Å². The van der Waals surface area contributed by atoms with Gasteiger partial charge in [0.05, 0.1) is 0 Å². The number of hydrogen-bond donors (Lipinski definition) is 1. The van der Waals surface area contributed by atoms with E-state index in [-0.39, 0.29) is 5.41 Å². The molecule has 2 aliphatic rings. The van der Waals surface area contributed by atoms with Gasteiger partial charge in [-0.15, -0.1) is 0 Å². The van der Waals surface area contributed by atoms with Crippen molar-refractivity contribution in [2.24, 2.45) is 5.41 Å². The van der Waals surface area contributed by atoms with Crippen molar-refractivity contribution in [3.8, 4) is 0 Å². The molecule has 2 N–H and O–H groups in total. The maximum absolute atomic E-state index is 5.81. The highest BCUT2D eigenvalue weighted by Crippen LogP contribution is 2.46. The predicted octanol–water partition coefficient (Wildman–Crippen LogP) is 4.20. The Hall–Kier alpha value is -1.02. The molecule has 0 bridgehead atoms. The quantitative estimate of drug-likeness (QED) is 0.844. The lowest BCUT2D eigenvalue weighted by molar-refractivity contribution is 0.0937. The minimum atomic E-state index is 0.202. The van der Waals surface area contributed by atoms with Crippen LogP contribution in [-0.2, 0) is 5.41 Å². The molecule has 116 valence electrons. The molecule has 1 spiro atoms. The Morgan fingerprint density at radius 3 is 2.14 bits per heavy atom. The normalized spacial score (nSPS) is 22.8. The second kappa shape index (κ2) is 5.64. The first-order valence-corrected chi connectivity index (χ1v) is 8.58. The van der Waals surface area contributed by atoms with Crippen molar-refractivity contribution >= 4 is 5.69 Å². The molecule has 0 aromatic heterocycles. The van der Waals surface area contributed by atoms with E-state index in [0.29, 0.717) is 0 Å². The van der Waals surface area contributed by atoms with Gasteiger partial charge in [-0.25, -0.2) is 0 Å². The molecule has 1 saturated heterocycles. The van der Waals surface area contributed by atoms with Gasteiger partial charge in [0.25, 0.3) is 0 Å². The number of nitrogens with zero attached hydrogens (tertiary/aromatic N) is 1. The molecule has 1 heterocycles. The van der Waals surface area contributed by atoms with Crippen LogP contribution in [0.1, 0.15) is 57.9 Å². The van der Waals surface area contributed by atoms with Crippen LogP contribution in [0, 0.1) is 5.41 Å². The van der Waals surface area contributed by atoms with Gasteiger partial charge in [-0.2, -0.15) is 0 Å². The fourth-order valence-corrected chi connectivity index (χ4v) is 4.40. The van der Waals surface area contributed by atoms with E-state index in [4.69, 9.17) is 5.73 Å². The third kappa shape index (κ3) is 3.26. The van der Waals surface area contributed by atoms with Crippen LogP contribution in [0.25, 0.3) is 0 Å². The highest BCUT2D eigenvalue weighted by molar-refractivity contribution is 5.41. The molecule has 2 heteroatoms. The van der Waals surface area contributed by atoms with E-state index < -0.39 is 0 Å². The van der Waals surface area contributed by atoms with E-state index in [9.17, 15) is 0 Å². The van der Waals surface area contributed by atoms with Crippen molar-refractivity contribution in [2.45, 2.75) is 57.8 Å². The Balaban J connectivity index is 1.60. The summed E-state index contributed by atoms with van der Waals surface area (Å²) < 4.78 is 0. The minimum absolute atomic E-state index is 0.202. The van der Waals surface area contributed by atoms with Crippen LogP contribution in [0.4, 0.5) is 5.69 Å². The third-order valence-electron chi connectivity index (χ3n) is 5.89. The molecule has 1 aromatic rings. The number of hydrogen-bond acceptors (Lipinski definition) is 2. The summed E-state index contributed by atoms with van der Waals surface area (Å²) in [5, 5.41) is 0. The van der Waals surface area contributed by atoms with Gasteiger partial charge in [-0.1, -0.05) is 38.8 Å². The van der Waals surface area contributed by atoms with Gasteiger partial charge >= 0.3 is 0 Å². The number of rotatable bonds is 3. The van der Waals surface area contributed by atoms with Gasteiger partial charge < -0.3 is 10.6 Å². The minimum Gasteiger partial charge on any atom is -0.399 e. The number of nitrogen functional groups attached to an aromatic ring is 1. The summed E-state index contributed by atoms with van der Waals surface area (Å²) in [5.74, 6) is 0.